The fourth-order valence-corrected chi connectivity index (χ4v) is 2.96. The van der Waals surface area contributed by atoms with Crippen molar-refractivity contribution in [1.29, 1.82) is 0 Å². The van der Waals surface area contributed by atoms with Crippen LogP contribution in [0.4, 0.5) is 0 Å². The molecule has 2 rings (SSSR count). The van der Waals surface area contributed by atoms with Crippen LogP contribution < -0.4 is 0 Å². The number of hydrogen-bond donors (Lipinski definition) is 1. The van der Waals surface area contributed by atoms with E-state index in [-0.39, 0.29) is 6.04 Å². The van der Waals surface area contributed by atoms with Gasteiger partial charge in [0, 0.05) is 16.7 Å². The number of aromatic nitrogens is 2. The second-order valence-corrected chi connectivity index (χ2v) is 6.06. The van der Waals surface area contributed by atoms with Gasteiger partial charge in [-0.2, -0.15) is 5.10 Å². The quantitative estimate of drug-likeness (QED) is 0.849. The zero-order valence-electron chi connectivity index (χ0n) is 11.0. The van der Waals surface area contributed by atoms with Crippen LogP contribution in [0.2, 0.25) is 5.02 Å². The summed E-state index contributed by atoms with van der Waals surface area (Å²) in [5.74, 6) is 0.558. The molecule has 0 saturated heterocycles. The van der Waals surface area contributed by atoms with E-state index in [1.807, 2.05) is 44.2 Å². The Bertz CT molecular complexity index is 527. The lowest BCUT2D eigenvalue weighted by Crippen LogP contribution is -2.13. The maximum absolute atomic E-state index is 10.3. The van der Waals surface area contributed by atoms with E-state index in [1.165, 1.54) is 0 Å². The maximum Gasteiger partial charge on any atom is 0.106 e. The minimum absolute atomic E-state index is 0.180. The second kappa shape index (κ2) is 6.46. The molecule has 102 valence electrons. The van der Waals surface area contributed by atoms with Gasteiger partial charge in [0.05, 0.1) is 16.9 Å². The van der Waals surface area contributed by atoms with E-state index in [9.17, 15) is 5.11 Å². The molecule has 19 heavy (non-hydrogen) atoms. The number of rotatable bonds is 5. The fraction of sp³-hybridized carbons (Fsp3) is 0.357. The van der Waals surface area contributed by atoms with E-state index in [1.54, 1.807) is 22.6 Å². The minimum atomic E-state index is -0.623. The Kier molecular flexibility index (Phi) is 4.91. The van der Waals surface area contributed by atoms with Crippen LogP contribution in [0.3, 0.4) is 0 Å². The van der Waals surface area contributed by atoms with Crippen molar-refractivity contribution >= 4 is 23.4 Å². The van der Waals surface area contributed by atoms with Crippen LogP contribution in [0.25, 0.3) is 0 Å². The summed E-state index contributed by atoms with van der Waals surface area (Å²) in [4.78, 5) is 1.13. The van der Waals surface area contributed by atoms with Crippen molar-refractivity contribution in [2.45, 2.75) is 30.9 Å². The lowest BCUT2D eigenvalue weighted by Gasteiger charge is -2.16. The zero-order chi connectivity index (χ0) is 13.8. The summed E-state index contributed by atoms with van der Waals surface area (Å²) < 4.78 is 1.78. The third-order valence-electron chi connectivity index (χ3n) is 2.74. The largest absolute Gasteiger partial charge is 0.386 e. The Morgan fingerprint density at radius 1 is 1.32 bits per heavy atom. The van der Waals surface area contributed by atoms with Crippen LogP contribution >= 0.6 is 23.4 Å². The lowest BCUT2D eigenvalue weighted by molar-refractivity contribution is 0.189. The van der Waals surface area contributed by atoms with Crippen LogP contribution in [0.1, 0.15) is 31.7 Å². The average molecular weight is 297 g/mol. The van der Waals surface area contributed by atoms with Crippen molar-refractivity contribution < 1.29 is 5.11 Å². The summed E-state index contributed by atoms with van der Waals surface area (Å²) in [6.07, 6.45) is 0.968. The Labute approximate surface area is 122 Å². The molecule has 0 radical (unpaired) electrons. The highest BCUT2D eigenvalue weighted by Crippen LogP contribution is 2.30. The molecule has 0 saturated carbocycles. The van der Waals surface area contributed by atoms with Crippen LogP contribution in [0.5, 0.6) is 0 Å². The molecule has 0 spiro atoms. The molecule has 0 aliphatic carbocycles. The molecule has 0 fully saturated rings. The van der Waals surface area contributed by atoms with Crippen LogP contribution in [0.15, 0.2) is 41.4 Å². The van der Waals surface area contributed by atoms with Gasteiger partial charge in [-0.3, -0.25) is 4.68 Å². The lowest BCUT2D eigenvalue weighted by atomic mass is 10.2. The first kappa shape index (κ1) is 14.4. The van der Waals surface area contributed by atoms with Crippen molar-refractivity contribution in [3.8, 4) is 0 Å². The molecule has 0 bridgehead atoms. The SMILES string of the molecule is CC(C)n1ncc(Cl)c1C(O)CSc1ccccc1. The van der Waals surface area contributed by atoms with E-state index in [0.29, 0.717) is 16.5 Å². The topological polar surface area (TPSA) is 38.0 Å². The van der Waals surface area contributed by atoms with Crippen molar-refractivity contribution in [1.82, 2.24) is 9.78 Å². The predicted octanol–water partition coefficient (Wildman–Crippen LogP) is 3.94. The van der Waals surface area contributed by atoms with Crippen molar-refractivity contribution in [2.24, 2.45) is 0 Å². The molecule has 3 nitrogen and oxygen atoms in total. The number of halogens is 1. The van der Waals surface area contributed by atoms with Gasteiger partial charge in [-0.05, 0) is 26.0 Å². The van der Waals surface area contributed by atoms with Gasteiger partial charge in [-0.15, -0.1) is 11.8 Å². The maximum atomic E-state index is 10.3. The predicted molar refractivity (Wildman–Crippen MR) is 79.7 cm³/mol. The third kappa shape index (κ3) is 3.53. The van der Waals surface area contributed by atoms with Crippen LogP contribution in [0, 0.1) is 0 Å². The van der Waals surface area contributed by atoms with E-state index in [2.05, 4.69) is 5.10 Å². The molecule has 0 aliphatic rings. The average Bonchev–Trinajstić information content (AvgIpc) is 2.79. The molecule has 5 heteroatoms. The molecule has 1 aromatic carbocycles. The molecular weight excluding hydrogens is 280 g/mol. The Morgan fingerprint density at radius 2 is 2.00 bits per heavy atom. The van der Waals surface area contributed by atoms with E-state index in [0.717, 1.165) is 4.90 Å². The Balaban J connectivity index is 2.08. The summed E-state index contributed by atoms with van der Waals surface area (Å²) in [6, 6.07) is 10.2. The first-order chi connectivity index (χ1) is 9.09. The normalized spacial score (nSPS) is 12.9. The molecule has 1 N–H and O–H groups in total. The summed E-state index contributed by atoms with van der Waals surface area (Å²) in [5.41, 5.74) is 0.695. The molecule has 0 aliphatic heterocycles. The molecule has 0 amide bonds. The number of thioether (sulfide) groups is 1. The van der Waals surface area contributed by atoms with Crippen molar-refractivity contribution in [3.63, 3.8) is 0 Å². The molecule has 1 unspecified atom stereocenters. The summed E-state index contributed by atoms with van der Waals surface area (Å²) in [6.45, 7) is 4.04. The number of benzene rings is 1. The summed E-state index contributed by atoms with van der Waals surface area (Å²) in [7, 11) is 0. The summed E-state index contributed by atoms with van der Waals surface area (Å²) >= 11 is 7.72. The van der Waals surface area contributed by atoms with Gasteiger partial charge in [0.1, 0.15) is 6.10 Å². The highest BCUT2D eigenvalue weighted by atomic mass is 35.5. The summed E-state index contributed by atoms with van der Waals surface area (Å²) in [5, 5.41) is 15.0. The van der Waals surface area contributed by atoms with Crippen LogP contribution in [-0.4, -0.2) is 20.6 Å². The smallest absolute Gasteiger partial charge is 0.106 e. The highest BCUT2D eigenvalue weighted by Gasteiger charge is 2.19. The molecule has 1 heterocycles. The minimum Gasteiger partial charge on any atom is -0.386 e. The zero-order valence-corrected chi connectivity index (χ0v) is 12.5. The van der Waals surface area contributed by atoms with Crippen molar-refractivity contribution in [3.05, 3.63) is 47.2 Å². The Morgan fingerprint density at radius 3 is 2.63 bits per heavy atom. The third-order valence-corrected chi connectivity index (χ3v) is 4.12. The van der Waals surface area contributed by atoms with E-state index < -0.39 is 6.10 Å². The molecule has 1 atom stereocenters. The highest BCUT2D eigenvalue weighted by molar-refractivity contribution is 7.99. The Hall–Kier alpha value is -0.970. The number of aliphatic hydroxyl groups excluding tert-OH is 1. The van der Waals surface area contributed by atoms with Gasteiger partial charge < -0.3 is 5.11 Å². The molecule has 1 aromatic heterocycles. The van der Waals surface area contributed by atoms with Gasteiger partial charge in [0.25, 0.3) is 0 Å². The second-order valence-electron chi connectivity index (χ2n) is 4.56. The van der Waals surface area contributed by atoms with Gasteiger partial charge in [-0.1, -0.05) is 29.8 Å². The number of nitrogens with zero attached hydrogens (tertiary/aromatic N) is 2. The molecular formula is C14H17ClN2OS. The standard InChI is InChI=1S/C14H17ClN2OS/c1-10(2)17-14(12(15)8-16-17)13(18)9-19-11-6-4-3-5-7-11/h3-8,10,13,18H,9H2,1-2H3. The van der Waals surface area contributed by atoms with E-state index >= 15 is 0 Å². The molecule has 2 aromatic rings. The van der Waals surface area contributed by atoms with Gasteiger partial charge in [0.2, 0.25) is 0 Å². The first-order valence-corrected chi connectivity index (χ1v) is 7.54. The first-order valence-electron chi connectivity index (χ1n) is 6.18. The van der Waals surface area contributed by atoms with Gasteiger partial charge in [-0.25, -0.2) is 0 Å². The van der Waals surface area contributed by atoms with E-state index in [4.69, 9.17) is 11.6 Å². The van der Waals surface area contributed by atoms with Gasteiger partial charge in [0.15, 0.2) is 0 Å². The van der Waals surface area contributed by atoms with Crippen molar-refractivity contribution in [2.75, 3.05) is 5.75 Å². The number of aliphatic hydroxyl groups is 1. The van der Waals surface area contributed by atoms with Gasteiger partial charge >= 0.3 is 0 Å². The fourth-order valence-electron chi connectivity index (χ4n) is 1.84. The monoisotopic (exact) mass is 296 g/mol. The van der Waals surface area contributed by atoms with Crippen LogP contribution in [-0.2, 0) is 0 Å². The number of hydrogen-bond acceptors (Lipinski definition) is 3.